The van der Waals surface area contributed by atoms with E-state index in [1.54, 1.807) is 12.1 Å². The van der Waals surface area contributed by atoms with Crippen LogP contribution in [0, 0.1) is 0 Å². The van der Waals surface area contributed by atoms with Crippen LogP contribution >= 0.6 is 0 Å². The molecule has 0 radical (unpaired) electrons. The molecule has 0 atom stereocenters. The van der Waals surface area contributed by atoms with Gasteiger partial charge in [-0.05, 0) is 12.1 Å². The minimum absolute atomic E-state index is 0.207. The number of aliphatic hydroxyl groups excluding tert-OH is 1. The first-order chi connectivity index (χ1) is 9.91. The normalized spacial score (nSPS) is 11.4. The highest BCUT2D eigenvalue weighted by molar-refractivity contribution is 5.89. The Labute approximate surface area is 116 Å². The van der Waals surface area contributed by atoms with E-state index in [0.29, 0.717) is 4.68 Å². The summed E-state index contributed by atoms with van der Waals surface area (Å²) in [6.07, 6.45) is -3.34. The standard InChI is InChI=1S/C11H10F3N5O2/c12-11(13,14)10-7(6-20)17-18-19(10)5-9(21)16-8-3-1-2-4-15-8/h1-4,20H,5-6H2,(H,15,16,21). The first-order valence-electron chi connectivity index (χ1n) is 5.73. The highest BCUT2D eigenvalue weighted by Crippen LogP contribution is 2.31. The number of nitrogens with zero attached hydrogens (tertiary/aromatic N) is 4. The number of nitrogens with one attached hydrogen (secondary N) is 1. The highest BCUT2D eigenvalue weighted by Gasteiger charge is 2.39. The van der Waals surface area contributed by atoms with Crippen molar-refractivity contribution in [3.63, 3.8) is 0 Å². The van der Waals surface area contributed by atoms with Crippen molar-refractivity contribution >= 4 is 11.7 Å². The van der Waals surface area contributed by atoms with Gasteiger partial charge in [-0.2, -0.15) is 13.2 Å². The maximum absolute atomic E-state index is 12.9. The number of halogens is 3. The van der Waals surface area contributed by atoms with E-state index < -0.39 is 36.6 Å². The van der Waals surface area contributed by atoms with E-state index in [9.17, 15) is 18.0 Å². The molecule has 0 aliphatic carbocycles. The Balaban J connectivity index is 2.16. The third-order valence-electron chi connectivity index (χ3n) is 2.45. The smallest absolute Gasteiger partial charge is 0.390 e. The van der Waals surface area contributed by atoms with E-state index >= 15 is 0 Å². The molecule has 0 bridgehead atoms. The van der Waals surface area contributed by atoms with Crippen molar-refractivity contribution < 1.29 is 23.1 Å². The number of carbonyl (C=O) groups is 1. The minimum Gasteiger partial charge on any atom is -0.390 e. The molecule has 2 N–H and O–H groups in total. The lowest BCUT2D eigenvalue weighted by Crippen LogP contribution is -2.24. The zero-order chi connectivity index (χ0) is 15.5. The fourth-order valence-electron chi connectivity index (χ4n) is 1.63. The van der Waals surface area contributed by atoms with Crippen molar-refractivity contribution in [3.8, 4) is 0 Å². The summed E-state index contributed by atoms with van der Waals surface area (Å²) in [5, 5.41) is 17.6. The van der Waals surface area contributed by atoms with E-state index in [1.165, 1.54) is 12.3 Å². The van der Waals surface area contributed by atoms with Crippen LogP contribution in [0.4, 0.5) is 19.0 Å². The molecule has 0 aliphatic heterocycles. The molecule has 1 amide bonds. The number of amides is 1. The Morgan fingerprint density at radius 2 is 2.14 bits per heavy atom. The van der Waals surface area contributed by atoms with Crippen molar-refractivity contribution in [3.05, 3.63) is 35.8 Å². The molecule has 0 unspecified atom stereocenters. The molecule has 2 rings (SSSR count). The summed E-state index contributed by atoms with van der Waals surface area (Å²) in [7, 11) is 0. The fraction of sp³-hybridized carbons (Fsp3) is 0.273. The number of hydrogen-bond acceptors (Lipinski definition) is 5. The number of pyridine rings is 1. The van der Waals surface area contributed by atoms with Crippen LogP contribution in [0.3, 0.4) is 0 Å². The first kappa shape index (κ1) is 14.9. The van der Waals surface area contributed by atoms with Crippen LogP contribution < -0.4 is 5.32 Å². The van der Waals surface area contributed by atoms with Crippen LogP contribution in [0.1, 0.15) is 11.4 Å². The molecule has 112 valence electrons. The number of carbonyl (C=O) groups excluding carboxylic acids is 1. The number of alkyl halides is 3. The maximum Gasteiger partial charge on any atom is 0.435 e. The highest BCUT2D eigenvalue weighted by atomic mass is 19.4. The molecule has 0 saturated carbocycles. The van der Waals surface area contributed by atoms with Crippen molar-refractivity contribution in [1.82, 2.24) is 20.0 Å². The zero-order valence-corrected chi connectivity index (χ0v) is 10.5. The maximum atomic E-state index is 12.9. The van der Waals surface area contributed by atoms with Crippen molar-refractivity contribution in [2.75, 3.05) is 5.32 Å². The molecule has 7 nitrogen and oxygen atoms in total. The lowest BCUT2D eigenvalue weighted by molar-refractivity contribution is -0.145. The largest absolute Gasteiger partial charge is 0.435 e. The van der Waals surface area contributed by atoms with Crippen LogP contribution in [-0.2, 0) is 24.1 Å². The molecule has 10 heteroatoms. The van der Waals surface area contributed by atoms with Gasteiger partial charge in [-0.15, -0.1) is 5.10 Å². The van der Waals surface area contributed by atoms with Crippen molar-refractivity contribution in [2.45, 2.75) is 19.3 Å². The fourth-order valence-corrected chi connectivity index (χ4v) is 1.63. The molecular formula is C11H10F3N5O2. The summed E-state index contributed by atoms with van der Waals surface area (Å²) < 4.78 is 38.9. The molecule has 21 heavy (non-hydrogen) atoms. The van der Waals surface area contributed by atoms with Gasteiger partial charge in [0.05, 0.1) is 6.61 Å². The number of aromatic nitrogens is 4. The van der Waals surface area contributed by atoms with Crippen LogP contribution in [-0.4, -0.2) is 31.0 Å². The van der Waals surface area contributed by atoms with Gasteiger partial charge in [0.2, 0.25) is 5.91 Å². The Hall–Kier alpha value is -2.49. The van der Waals surface area contributed by atoms with Crippen LogP contribution in [0.2, 0.25) is 0 Å². The SMILES string of the molecule is O=C(Cn1nnc(CO)c1C(F)(F)F)Nc1ccccn1. The molecule has 2 aromatic heterocycles. The van der Waals surface area contributed by atoms with E-state index in [2.05, 4.69) is 20.6 Å². The molecule has 0 spiro atoms. The summed E-state index contributed by atoms with van der Waals surface area (Å²) in [6, 6.07) is 4.73. The number of aliphatic hydroxyl groups is 1. The zero-order valence-electron chi connectivity index (χ0n) is 10.5. The van der Waals surface area contributed by atoms with Crippen LogP contribution in [0.5, 0.6) is 0 Å². The molecule has 0 aliphatic rings. The van der Waals surface area contributed by atoms with Crippen LogP contribution in [0.15, 0.2) is 24.4 Å². The van der Waals surface area contributed by atoms with Gasteiger partial charge in [-0.1, -0.05) is 11.3 Å². The van der Waals surface area contributed by atoms with Gasteiger partial charge < -0.3 is 10.4 Å². The molecule has 2 aromatic rings. The van der Waals surface area contributed by atoms with E-state index in [-0.39, 0.29) is 5.82 Å². The van der Waals surface area contributed by atoms with Gasteiger partial charge in [-0.25, -0.2) is 9.67 Å². The third kappa shape index (κ3) is 3.54. The average Bonchev–Trinajstić information content (AvgIpc) is 2.82. The summed E-state index contributed by atoms with van der Waals surface area (Å²) in [5.41, 5.74) is -1.88. The Morgan fingerprint density at radius 1 is 1.38 bits per heavy atom. The third-order valence-corrected chi connectivity index (χ3v) is 2.45. The second-order valence-electron chi connectivity index (χ2n) is 3.96. The first-order valence-corrected chi connectivity index (χ1v) is 5.73. The van der Waals surface area contributed by atoms with Crippen LogP contribution in [0.25, 0.3) is 0 Å². The number of rotatable bonds is 4. The van der Waals surface area contributed by atoms with E-state index in [0.717, 1.165) is 0 Å². The van der Waals surface area contributed by atoms with Gasteiger partial charge in [0.25, 0.3) is 0 Å². The summed E-state index contributed by atoms with van der Waals surface area (Å²) >= 11 is 0. The average molecular weight is 301 g/mol. The summed E-state index contributed by atoms with van der Waals surface area (Å²) in [4.78, 5) is 15.5. The lowest BCUT2D eigenvalue weighted by atomic mass is 10.3. The number of anilines is 1. The van der Waals surface area contributed by atoms with Gasteiger partial charge in [0, 0.05) is 6.20 Å². The Morgan fingerprint density at radius 3 is 2.71 bits per heavy atom. The number of hydrogen-bond donors (Lipinski definition) is 2. The predicted molar refractivity (Wildman–Crippen MR) is 63.8 cm³/mol. The molecule has 0 aromatic carbocycles. The van der Waals surface area contributed by atoms with E-state index in [4.69, 9.17) is 5.11 Å². The predicted octanol–water partition coefficient (Wildman–Crippen LogP) is 0.823. The van der Waals surface area contributed by atoms with E-state index in [1.807, 2.05) is 0 Å². The summed E-state index contributed by atoms with van der Waals surface area (Å²) in [6.45, 7) is -1.62. The Kier molecular flexibility index (Phi) is 4.17. The topological polar surface area (TPSA) is 92.9 Å². The van der Waals surface area contributed by atoms with Gasteiger partial charge in [-0.3, -0.25) is 4.79 Å². The second kappa shape index (κ2) is 5.87. The van der Waals surface area contributed by atoms with Gasteiger partial charge in [0.15, 0.2) is 5.69 Å². The van der Waals surface area contributed by atoms with Gasteiger partial charge in [0.1, 0.15) is 18.1 Å². The Bertz CT molecular complexity index is 627. The molecule has 2 heterocycles. The molecule has 0 saturated heterocycles. The van der Waals surface area contributed by atoms with Crippen molar-refractivity contribution in [2.24, 2.45) is 0 Å². The summed E-state index contributed by atoms with van der Waals surface area (Å²) in [5.74, 6) is -0.535. The van der Waals surface area contributed by atoms with Crippen molar-refractivity contribution in [1.29, 1.82) is 0 Å². The lowest BCUT2D eigenvalue weighted by Gasteiger charge is -2.10. The van der Waals surface area contributed by atoms with Gasteiger partial charge >= 0.3 is 6.18 Å². The molecule has 0 fully saturated rings. The minimum atomic E-state index is -4.77. The second-order valence-corrected chi connectivity index (χ2v) is 3.96. The molecular weight excluding hydrogens is 291 g/mol. The monoisotopic (exact) mass is 301 g/mol. The quantitative estimate of drug-likeness (QED) is 0.872.